The van der Waals surface area contributed by atoms with Gasteiger partial charge in [0.25, 0.3) is 0 Å². The fourth-order valence-corrected chi connectivity index (χ4v) is 26.6. The van der Waals surface area contributed by atoms with Gasteiger partial charge in [0, 0.05) is 12.1 Å². The summed E-state index contributed by atoms with van der Waals surface area (Å²) in [7, 11) is -10.6. The van der Waals surface area contributed by atoms with Crippen LogP contribution in [0.5, 0.6) is 0 Å². The zero-order valence-electron chi connectivity index (χ0n) is 14.6. The van der Waals surface area contributed by atoms with Gasteiger partial charge in [-0.1, -0.05) is 41.5 Å². The Labute approximate surface area is 149 Å². The Balaban J connectivity index is 3.31. The van der Waals surface area contributed by atoms with Crippen LogP contribution >= 0.6 is 22.2 Å². The van der Waals surface area contributed by atoms with Crippen molar-refractivity contribution >= 4 is 55.0 Å². The zero-order valence-corrected chi connectivity index (χ0v) is 20.1. The van der Waals surface area contributed by atoms with E-state index in [0.29, 0.717) is 12.1 Å². The van der Waals surface area contributed by atoms with Gasteiger partial charge in [0.1, 0.15) is 0 Å². The van der Waals surface area contributed by atoms with Crippen molar-refractivity contribution in [1.82, 2.24) is 0 Å². The van der Waals surface area contributed by atoms with E-state index in [9.17, 15) is 0 Å². The van der Waals surface area contributed by atoms with Crippen LogP contribution in [0.2, 0.25) is 36.3 Å². The van der Waals surface area contributed by atoms with E-state index in [1.807, 2.05) is 13.8 Å². The van der Waals surface area contributed by atoms with E-state index in [4.69, 9.17) is 38.6 Å². The first-order valence-corrected chi connectivity index (χ1v) is 18.9. The standard InChI is InChI=1S/C12H30Cl2O4Si4/c1-7-19(8-2)15-21(13,11-5)17-20(9-3,10-4)18-22(14,12-6)16-19/h7-12H2,1-6H3. The molecule has 0 spiro atoms. The van der Waals surface area contributed by atoms with Gasteiger partial charge >= 0.3 is 32.9 Å². The second-order valence-corrected chi connectivity index (χ2v) is 22.9. The predicted molar refractivity (Wildman–Crippen MR) is 102 cm³/mol. The second-order valence-electron chi connectivity index (χ2n) is 5.67. The Bertz CT molecular complexity index is 317. The van der Waals surface area contributed by atoms with E-state index in [1.54, 1.807) is 0 Å². The number of halogens is 2. The van der Waals surface area contributed by atoms with Gasteiger partial charge in [-0.15, -0.1) is 22.2 Å². The summed E-state index contributed by atoms with van der Waals surface area (Å²) in [6, 6.07) is 4.62. The molecule has 1 aliphatic rings. The van der Waals surface area contributed by atoms with Gasteiger partial charge in [0.2, 0.25) is 0 Å². The zero-order chi connectivity index (χ0) is 17.1. The van der Waals surface area contributed by atoms with Gasteiger partial charge in [0.05, 0.1) is 0 Å². The van der Waals surface area contributed by atoms with Crippen LogP contribution in [0.15, 0.2) is 0 Å². The van der Waals surface area contributed by atoms with Crippen molar-refractivity contribution in [2.75, 3.05) is 0 Å². The van der Waals surface area contributed by atoms with Crippen molar-refractivity contribution in [2.24, 2.45) is 0 Å². The lowest BCUT2D eigenvalue weighted by Gasteiger charge is -2.48. The summed E-state index contributed by atoms with van der Waals surface area (Å²) in [4.78, 5) is 0. The van der Waals surface area contributed by atoms with Crippen LogP contribution in [0.1, 0.15) is 41.5 Å². The first-order valence-electron chi connectivity index (χ1n) is 8.37. The predicted octanol–water partition coefficient (Wildman–Crippen LogP) is 5.43. The number of hydrogen-bond donors (Lipinski definition) is 0. The minimum atomic E-state index is -2.81. The van der Waals surface area contributed by atoms with Crippen LogP contribution in [-0.2, 0) is 16.5 Å². The third kappa shape index (κ3) is 4.68. The molecule has 0 N–H and O–H groups in total. The van der Waals surface area contributed by atoms with Crippen molar-refractivity contribution in [3.05, 3.63) is 0 Å². The second kappa shape index (κ2) is 8.11. The molecule has 1 rings (SSSR count). The van der Waals surface area contributed by atoms with Gasteiger partial charge in [-0.3, -0.25) is 0 Å². The van der Waals surface area contributed by atoms with E-state index in [0.717, 1.165) is 24.2 Å². The highest BCUT2D eigenvalue weighted by Crippen LogP contribution is 2.41. The molecule has 1 aliphatic heterocycles. The minimum Gasteiger partial charge on any atom is -0.404 e. The Morgan fingerprint density at radius 2 is 0.727 bits per heavy atom. The Hall–Kier alpha value is 1.29. The summed E-state index contributed by atoms with van der Waals surface area (Å²) in [6.07, 6.45) is 0. The van der Waals surface area contributed by atoms with E-state index < -0.39 is 32.9 Å². The first-order chi connectivity index (χ1) is 10.2. The van der Waals surface area contributed by atoms with E-state index in [1.165, 1.54) is 0 Å². The molecular weight excluding hydrogens is 391 g/mol. The van der Waals surface area contributed by atoms with Gasteiger partial charge in [-0.05, 0) is 24.2 Å². The maximum Gasteiger partial charge on any atom is 0.425 e. The third-order valence-electron chi connectivity index (χ3n) is 4.35. The molecule has 4 nitrogen and oxygen atoms in total. The molecule has 0 aromatic rings. The van der Waals surface area contributed by atoms with E-state index >= 15 is 0 Å². The fourth-order valence-electron chi connectivity index (χ4n) is 2.56. The smallest absolute Gasteiger partial charge is 0.404 e. The molecule has 1 saturated heterocycles. The highest BCUT2D eigenvalue weighted by Gasteiger charge is 2.59. The lowest BCUT2D eigenvalue weighted by molar-refractivity contribution is 0.234. The van der Waals surface area contributed by atoms with Crippen LogP contribution in [0.25, 0.3) is 0 Å². The maximum absolute atomic E-state index is 6.83. The largest absolute Gasteiger partial charge is 0.425 e. The highest BCUT2D eigenvalue weighted by atomic mass is 35.6. The van der Waals surface area contributed by atoms with Crippen LogP contribution < -0.4 is 0 Å². The van der Waals surface area contributed by atoms with Gasteiger partial charge in [-0.25, -0.2) is 0 Å². The van der Waals surface area contributed by atoms with Crippen molar-refractivity contribution in [3.8, 4) is 0 Å². The molecule has 0 aromatic heterocycles. The lowest BCUT2D eigenvalue weighted by atomic mass is 10.9. The van der Waals surface area contributed by atoms with Gasteiger partial charge < -0.3 is 16.5 Å². The fraction of sp³-hybridized carbons (Fsp3) is 1.00. The maximum atomic E-state index is 6.83. The first kappa shape index (κ1) is 21.3. The quantitative estimate of drug-likeness (QED) is 0.423. The van der Waals surface area contributed by atoms with Crippen LogP contribution in [-0.4, -0.2) is 32.9 Å². The van der Waals surface area contributed by atoms with Gasteiger partial charge in [-0.2, -0.15) is 0 Å². The summed E-state index contributed by atoms with van der Waals surface area (Å²) in [5.41, 5.74) is 0. The molecule has 1 heterocycles. The molecule has 0 atom stereocenters. The van der Waals surface area contributed by atoms with Crippen molar-refractivity contribution in [3.63, 3.8) is 0 Å². The van der Waals surface area contributed by atoms with Crippen LogP contribution in [0.3, 0.4) is 0 Å². The van der Waals surface area contributed by atoms with Crippen molar-refractivity contribution in [1.29, 1.82) is 0 Å². The molecular formula is C12H30Cl2O4Si4. The average molecular weight is 422 g/mol. The summed E-state index contributed by atoms with van der Waals surface area (Å²) in [6.45, 7) is 12.4. The molecule has 10 heteroatoms. The monoisotopic (exact) mass is 420 g/mol. The summed E-state index contributed by atoms with van der Waals surface area (Å²) < 4.78 is 25.9. The summed E-state index contributed by atoms with van der Waals surface area (Å²) in [5.74, 6) is 0. The molecule has 0 bridgehead atoms. The molecule has 0 aliphatic carbocycles. The molecule has 1 fully saturated rings. The normalized spacial score (nSPS) is 34.9. The van der Waals surface area contributed by atoms with Crippen molar-refractivity contribution < 1.29 is 16.5 Å². The Kier molecular flexibility index (Phi) is 7.86. The highest BCUT2D eigenvalue weighted by molar-refractivity contribution is 7.22. The SMILES string of the molecule is CC[Si]1(Cl)O[Si](CC)(CC)O[Si](Cl)(CC)O[Si](CC)(CC)O1. The summed E-state index contributed by atoms with van der Waals surface area (Å²) in [5, 5.41) is 0. The lowest BCUT2D eigenvalue weighted by Crippen LogP contribution is -2.66. The molecule has 0 radical (unpaired) electrons. The molecule has 22 heavy (non-hydrogen) atoms. The van der Waals surface area contributed by atoms with E-state index in [2.05, 4.69) is 27.7 Å². The number of hydrogen-bond acceptors (Lipinski definition) is 4. The minimum absolute atomic E-state index is 0.688. The average Bonchev–Trinajstić information content (AvgIpc) is 2.52. The third-order valence-corrected chi connectivity index (χ3v) is 25.6. The Morgan fingerprint density at radius 1 is 0.500 bits per heavy atom. The summed E-state index contributed by atoms with van der Waals surface area (Å²) >= 11 is 13.7. The van der Waals surface area contributed by atoms with Crippen LogP contribution in [0.4, 0.5) is 0 Å². The molecule has 0 saturated carbocycles. The van der Waals surface area contributed by atoms with E-state index in [-0.39, 0.29) is 0 Å². The van der Waals surface area contributed by atoms with Crippen molar-refractivity contribution in [2.45, 2.75) is 77.8 Å². The topological polar surface area (TPSA) is 36.9 Å². The molecule has 0 aromatic carbocycles. The molecule has 0 unspecified atom stereocenters. The number of rotatable bonds is 6. The Morgan fingerprint density at radius 3 is 0.864 bits per heavy atom. The molecule has 0 amide bonds. The van der Waals surface area contributed by atoms with Gasteiger partial charge in [0.15, 0.2) is 0 Å². The molecule has 132 valence electrons. The van der Waals surface area contributed by atoms with Crippen LogP contribution in [0, 0.1) is 0 Å².